The number of nitrogens with two attached hydrogens (primary N) is 2. The van der Waals surface area contributed by atoms with Crippen LogP contribution in [0.1, 0.15) is 27.0 Å². The summed E-state index contributed by atoms with van der Waals surface area (Å²) in [5.74, 6) is -0.255. The first-order chi connectivity index (χ1) is 15.2. The van der Waals surface area contributed by atoms with Gasteiger partial charge in [0.2, 0.25) is 0 Å². The number of benzene rings is 1. The van der Waals surface area contributed by atoms with Crippen molar-refractivity contribution in [2.75, 3.05) is 12.8 Å². The molecular weight excluding hydrogens is 406 g/mol. The van der Waals surface area contributed by atoms with Crippen molar-refractivity contribution >= 4 is 22.6 Å². The summed E-state index contributed by atoms with van der Waals surface area (Å²) >= 11 is 0. The van der Waals surface area contributed by atoms with Crippen LogP contribution in [-0.4, -0.2) is 27.6 Å². The third-order valence-electron chi connectivity index (χ3n) is 5.51. The number of carbonyl (C=O) groups is 1. The molecule has 0 saturated heterocycles. The van der Waals surface area contributed by atoms with Crippen molar-refractivity contribution in [3.63, 3.8) is 0 Å². The molecular formula is C24H23N5O3. The van der Waals surface area contributed by atoms with Gasteiger partial charge in [0.15, 0.2) is 0 Å². The molecule has 4 N–H and O–H groups in total. The third kappa shape index (κ3) is 3.26. The summed E-state index contributed by atoms with van der Waals surface area (Å²) in [7, 11) is 1.55. The van der Waals surface area contributed by atoms with E-state index in [4.69, 9.17) is 16.2 Å². The molecule has 32 heavy (non-hydrogen) atoms. The van der Waals surface area contributed by atoms with Crippen LogP contribution in [0.2, 0.25) is 0 Å². The Balaban J connectivity index is 2.11. The predicted molar refractivity (Wildman–Crippen MR) is 124 cm³/mol. The van der Waals surface area contributed by atoms with Crippen LogP contribution in [0.15, 0.2) is 47.4 Å². The summed E-state index contributed by atoms with van der Waals surface area (Å²) < 4.78 is 6.72. The molecule has 4 rings (SSSR count). The SMILES string of the molecule is COc1ccc(C)c(-n2c(N)c(C(N)=O)c3nc(-c4cc(C)ccn4)ccc3c2=O)c1C. The third-order valence-corrected chi connectivity index (χ3v) is 5.51. The molecule has 0 radical (unpaired) electrons. The van der Waals surface area contributed by atoms with Crippen molar-refractivity contribution < 1.29 is 9.53 Å². The highest BCUT2D eigenvalue weighted by atomic mass is 16.5. The van der Waals surface area contributed by atoms with Gasteiger partial charge in [-0.05, 0) is 62.2 Å². The quantitative estimate of drug-likeness (QED) is 0.513. The molecule has 8 heteroatoms. The van der Waals surface area contributed by atoms with Gasteiger partial charge in [0.25, 0.3) is 11.5 Å². The summed E-state index contributed by atoms with van der Waals surface area (Å²) in [5, 5.41) is 0.228. The van der Waals surface area contributed by atoms with Gasteiger partial charge in [0.1, 0.15) is 17.1 Å². The Labute approximate surface area is 184 Å². The van der Waals surface area contributed by atoms with Crippen molar-refractivity contribution in [2.24, 2.45) is 5.73 Å². The molecule has 0 bridgehead atoms. The minimum Gasteiger partial charge on any atom is -0.496 e. The summed E-state index contributed by atoms with van der Waals surface area (Å²) in [6.45, 7) is 5.62. The monoisotopic (exact) mass is 429 g/mol. The van der Waals surface area contributed by atoms with Crippen LogP contribution < -0.4 is 21.8 Å². The van der Waals surface area contributed by atoms with Gasteiger partial charge in [0.05, 0.1) is 35.1 Å². The van der Waals surface area contributed by atoms with Crippen molar-refractivity contribution in [3.8, 4) is 22.8 Å². The number of nitrogens with zero attached hydrogens (tertiary/aromatic N) is 3. The van der Waals surface area contributed by atoms with E-state index in [1.165, 1.54) is 4.57 Å². The topological polar surface area (TPSA) is 126 Å². The van der Waals surface area contributed by atoms with Crippen LogP contribution >= 0.6 is 0 Å². The molecule has 0 aliphatic heterocycles. The lowest BCUT2D eigenvalue weighted by Crippen LogP contribution is -2.28. The van der Waals surface area contributed by atoms with E-state index in [0.29, 0.717) is 28.4 Å². The van der Waals surface area contributed by atoms with Crippen LogP contribution in [0.25, 0.3) is 28.0 Å². The van der Waals surface area contributed by atoms with Gasteiger partial charge in [-0.15, -0.1) is 0 Å². The van der Waals surface area contributed by atoms with Crippen molar-refractivity contribution in [2.45, 2.75) is 20.8 Å². The molecule has 0 aliphatic carbocycles. The number of amides is 1. The Morgan fingerprint density at radius 1 is 1.06 bits per heavy atom. The lowest BCUT2D eigenvalue weighted by Gasteiger charge is -2.20. The van der Waals surface area contributed by atoms with E-state index in [2.05, 4.69) is 9.97 Å². The first-order valence-corrected chi connectivity index (χ1v) is 9.97. The minimum absolute atomic E-state index is 0.0178. The van der Waals surface area contributed by atoms with E-state index in [9.17, 15) is 9.59 Å². The summed E-state index contributed by atoms with van der Waals surface area (Å²) in [6.07, 6.45) is 1.67. The molecule has 0 atom stereocenters. The number of aromatic nitrogens is 3. The number of pyridine rings is 3. The fraction of sp³-hybridized carbons (Fsp3) is 0.167. The first-order valence-electron chi connectivity index (χ1n) is 9.97. The molecule has 4 aromatic rings. The number of primary amides is 1. The Morgan fingerprint density at radius 2 is 1.81 bits per heavy atom. The van der Waals surface area contributed by atoms with Crippen molar-refractivity contribution in [1.29, 1.82) is 0 Å². The lowest BCUT2D eigenvalue weighted by atomic mass is 10.0. The van der Waals surface area contributed by atoms with Gasteiger partial charge < -0.3 is 16.2 Å². The smallest absolute Gasteiger partial charge is 0.266 e. The average Bonchev–Trinajstić information content (AvgIpc) is 2.75. The van der Waals surface area contributed by atoms with Gasteiger partial charge in [-0.1, -0.05) is 6.07 Å². The van der Waals surface area contributed by atoms with E-state index in [-0.39, 0.29) is 22.3 Å². The van der Waals surface area contributed by atoms with Gasteiger partial charge in [0, 0.05) is 11.8 Å². The zero-order valence-electron chi connectivity index (χ0n) is 18.3. The maximum absolute atomic E-state index is 13.6. The van der Waals surface area contributed by atoms with Gasteiger partial charge in [-0.3, -0.25) is 19.1 Å². The number of hydrogen-bond donors (Lipinski definition) is 2. The van der Waals surface area contributed by atoms with E-state index < -0.39 is 11.5 Å². The molecule has 0 saturated carbocycles. The number of fused-ring (bicyclic) bond motifs is 1. The van der Waals surface area contributed by atoms with Gasteiger partial charge in [-0.2, -0.15) is 0 Å². The number of hydrogen-bond acceptors (Lipinski definition) is 6. The number of rotatable bonds is 4. The summed E-state index contributed by atoms with van der Waals surface area (Å²) in [6, 6.07) is 10.7. The molecule has 3 heterocycles. The minimum atomic E-state index is -0.777. The second-order valence-electron chi connectivity index (χ2n) is 7.63. The largest absolute Gasteiger partial charge is 0.496 e. The molecule has 0 unspecified atom stereocenters. The van der Waals surface area contributed by atoms with Crippen LogP contribution in [0.3, 0.4) is 0 Å². The molecule has 162 valence electrons. The molecule has 1 aromatic carbocycles. The second kappa shape index (κ2) is 7.81. The van der Waals surface area contributed by atoms with Gasteiger partial charge >= 0.3 is 0 Å². The number of anilines is 1. The number of ether oxygens (including phenoxy) is 1. The Hall–Kier alpha value is -4.20. The normalized spacial score (nSPS) is 11.0. The van der Waals surface area contributed by atoms with Crippen molar-refractivity contribution in [1.82, 2.24) is 14.5 Å². The number of methoxy groups -OCH3 is 1. The summed E-state index contributed by atoms with van der Waals surface area (Å²) in [4.78, 5) is 34.9. The van der Waals surface area contributed by atoms with Crippen LogP contribution in [0, 0.1) is 20.8 Å². The highest BCUT2D eigenvalue weighted by Gasteiger charge is 2.23. The lowest BCUT2D eigenvalue weighted by molar-refractivity contribution is 0.100. The fourth-order valence-electron chi connectivity index (χ4n) is 3.95. The predicted octanol–water partition coefficient (Wildman–Crippen LogP) is 3.06. The number of carbonyl (C=O) groups excluding carboxylic acids is 1. The maximum atomic E-state index is 13.6. The second-order valence-corrected chi connectivity index (χ2v) is 7.63. The number of aryl methyl sites for hydroxylation is 2. The Bertz CT molecular complexity index is 1460. The van der Waals surface area contributed by atoms with E-state index in [0.717, 1.165) is 11.1 Å². The van der Waals surface area contributed by atoms with Crippen LogP contribution in [0.4, 0.5) is 5.82 Å². The van der Waals surface area contributed by atoms with Crippen molar-refractivity contribution in [3.05, 3.63) is 75.2 Å². The molecule has 0 spiro atoms. The summed E-state index contributed by atoms with van der Waals surface area (Å²) in [5.41, 5.74) is 16.0. The molecule has 8 nitrogen and oxygen atoms in total. The molecule has 0 fully saturated rings. The average molecular weight is 429 g/mol. The Kier molecular flexibility index (Phi) is 5.14. The zero-order chi connectivity index (χ0) is 23.2. The fourth-order valence-corrected chi connectivity index (χ4v) is 3.95. The number of nitrogen functional groups attached to an aromatic ring is 1. The first kappa shape index (κ1) is 21.0. The maximum Gasteiger partial charge on any atom is 0.266 e. The highest BCUT2D eigenvalue weighted by Crippen LogP contribution is 2.31. The molecule has 3 aromatic heterocycles. The van der Waals surface area contributed by atoms with Crippen LogP contribution in [0.5, 0.6) is 5.75 Å². The molecule has 1 amide bonds. The van der Waals surface area contributed by atoms with E-state index in [1.54, 1.807) is 25.4 Å². The zero-order valence-corrected chi connectivity index (χ0v) is 18.3. The highest BCUT2D eigenvalue weighted by molar-refractivity contribution is 6.09. The van der Waals surface area contributed by atoms with E-state index in [1.807, 2.05) is 45.0 Å². The Morgan fingerprint density at radius 3 is 2.47 bits per heavy atom. The standard InChI is InChI=1S/C24H23N5O3/c1-12-9-10-27-17(11-12)16-7-6-15-20(28-16)19(23(26)30)22(25)29(24(15)31)21-13(2)5-8-18(32-4)14(21)3/h5-11H,25H2,1-4H3,(H2,26,30). The van der Waals surface area contributed by atoms with E-state index >= 15 is 0 Å². The molecule has 0 aliphatic rings. The van der Waals surface area contributed by atoms with Gasteiger partial charge in [-0.25, -0.2) is 4.98 Å². The van der Waals surface area contributed by atoms with Crippen LogP contribution in [-0.2, 0) is 0 Å².